The lowest BCUT2D eigenvalue weighted by molar-refractivity contribution is -0.670. The van der Waals surface area contributed by atoms with Gasteiger partial charge in [0.2, 0.25) is 11.4 Å². The molecule has 0 aliphatic carbocycles. The fraction of sp³-hybridized carbons (Fsp3) is 0.0645. The molecule has 1 aromatic heterocycles. The first-order chi connectivity index (χ1) is 17.1. The molecule has 0 atom stereocenters. The first kappa shape index (κ1) is 22.8. The van der Waals surface area contributed by atoms with Crippen LogP contribution < -0.4 is 4.57 Å². The van der Waals surface area contributed by atoms with Gasteiger partial charge >= 0.3 is 0 Å². The van der Waals surface area contributed by atoms with Gasteiger partial charge in [-0.3, -0.25) is 0 Å². The van der Waals surface area contributed by atoms with Gasteiger partial charge in [-0.1, -0.05) is 84.9 Å². The van der Waals surface area contributed by atoms with Gasteiger partial charge in [-0.15, -0.1) is 0 Å². The van der Waals surface area contributed by atoms with Crippen LogP contribution in [0.2, 0.25) is 0 Å². The zero-order chi connectivity index (χ0) is 24.1. The van der Waals surface area contributed by atoms with Gasteiger partial charge < -0.3 is 0 Å². The highest BCUT2D eigenvalue weighted by Gasteiger charge is 2.25. The van der Waals surface area contributed by atoms with E-state index in [1.807, 2.05) is 60.7 Å². The summed E-state index contributed by atoms with van der Waals surface area (Å²) in [6.45, 7) is 0.334. The average Bonchev–Trinajstić information content (AvgIpc) is 2.93. The molecule has 0 aliphatic rings. The smallest absolute Gasteiger partial charge is 0.213 e. The Hall–Kier alpha value is -4.02. The van der Waals surface area contributed by atoms with E-state index < -0.39 is 9.84 Å². The number of hydrogen-bond donors (Lipinski definition) is 0. The Morgan fingerprint density at radius 1 is 0.486 bits per heavy atom. The summed E-state index contributed by atoms with van der Waals surface area (Å²) in [6, 6.07) is 43.6. The van der Waals surface area contributed by atoms with Gasteiger partial charge in [-0.25, -0.2) is 8.42 Å². The zero-order valence-corrected chi connectivity index (χ0v) is 20.1. The quantitative estimate of drug-likeness (QED) is 0.253. The Kier molecular flexibility index (Phi) is 6.55. The summed E-state index contributed by atoms with van der Waals surface area (Å²) >= 11 is 0. The summed E-state index contributed by atoms with van der Waals surface area (Å²) in [5.74, 6) is 0.00598. The molecule has 4 heteroatoms. The Morgan fingerprint density at radius 2 is 0.886 bits per heavy atom. The predicted molar refractivity (Wildman–Crippen MR) is 141 cm³/mol. The maximum absolute atomic E-state index is 13.2. The maximum atomic E-state index is 13.2. The van der Waals surface area contributed by atoms with Crippen molar-refractivity contribution in [1.29, 1.82) is 0 Å². The molecule has 0 saturated heterocycles. The molecule has 0 N–H and O–H groups in total. The van der Waals surface area contributed by atoms with Crippen molar-refractivity contribution < 1.29 is 13.0 Å². The molecular formula is C31H26NO2S+. The number of hydrogen-bond acceptors (Lipinski definition) is 2. The Labute approximate surface area is 206 Å². The third kappa shape index (κ3) is 5.08. The van der Waals surface area contributed by atoms with Crippen LogP contribution in [0, 0.1) is 0 Å². The molecule has 0 radical (unpaired) electrons. The summed E-state index contributed by atoms with van der Waals surface area (Å²) in [5, 5.41) is 0. The summed E-state index contributed by atoms with van der Waals surface area (Å²) in [5.41, 5.74) is 6.25. The van der Waals surface area contributed by atoms with E-state index >= 15 is 0 Å². The lowest BCUT2D eigenvalue weighted by atomic mass is 9.99. The normalized spacial score (nSPS) is 11.3. The van der Waals surface area contributed by atoms with E-state index in [4.69, 9.17) is 0 Å². The standard InChI is InChI=1S/C31H26NO2S/c33-35(34,29-19-11-4-12-20-29)22-21-32-30(26-15-7-2-8-16-26)23-28(25-13-5-1-6-14-25)24-31(32)27-17-9-3-10-18-27/h1-20,23-24H,21-22H2/q+1. The Morgan fingerprint density at radius 3 is 1.34 bits per heavy atom. The maximum Gasteiger partial charge on any atom is 0.213 e. The van der Waals surface area contributed by atoms with Crippen LogP contribution in [0.5, 0.6) is 0 Å². The molecule has 4 aromatic carbocycles. The fourth-order valence-electron chi connectivity index (χ4n) is 4.31. The summed E-state index contributed by atoms with van der Waals surface area (Å²) < 4.78 is 28.5. The van der Waals surface area contributed by atoms with Crippen LogP contribution in [-0.4, -0.2) is 14.2 Å². The molecule has 35 heavy (non-hydrogen) atoms. The van der Waals surface area contributed by atoms with E-state index in [9.17, 15) is 8.42 Å². The topological polar surface area (TPSA) is 38.0 Å². The van der Waals surface area contributed by atoms with Crippen LogP contribution in [0.1, 0.15) is 0 Å². The Bertz CT molecular complexity index is 1460. The molecule has 0 unspecified atom stereocenters. The van der Waals surface area contributed by atoms with Gasteiger partial charge in [0.25, 0.3) is 0 Å². The highest BCUT2D eigenvalue weighted by molar-refractivity contribution is 7.91. The SMILES string of the molecule is O=S(=O)(CC[n+]1c(-c2ccccc2)cc(-c2ccccc2)cc1-c1ccccc1)c1ccccc1. The second-order valence-electron chi connectivity index (χ2n) is 8.40. The van der Waals surface area contributed by atoms with E-state index in [0.29, 0.717) is 11.4 Å². The van der Waals surface area contributed by atoms with Gasteiger partial charge in [0, 0.05) is 23.3 Å². The van der Waals surface area contributed by atoms with E-state index in [1.54, 1.807) is 24.3 Å². The monoisotopic (exact) mass is 476 g/mol. The van der Waals surface area contributed by atoms with Crippen molar-refractivity contribution in [1.82, 2.24) is 0 Å². The third-order valence-electron chi connectivity index (χ3n) is 6.10. The van der Waals surface area contributed by atoms with Crippen molar-refractivity contribution in [3.63, 3.8) is 0 Å². The highest BCUT2D eigenvalue weighted by atomic mass is 32.2. The number of aromatic nitrogens is 1. The van der Waals surface area contributed by atoms with Crippen molar-refractivity contribution in [3.05, 3.63) is 133 Å². The molecule has 0 spiro atoms. The summed E-state index contributed by atoms with van der Waals surface area (Å²) in [4.78, 5) is 0.351. The van der Waals surface area contributed by atoms with Gasteiger partial charge in [0.15, 0.2) is 16.4 Å². The van der Waals surface area contributed by atoms with Crippen molar-refractivity contribution >= 4 is 9.84 Å². The number of rotatable bonds is 7. The minimum atomic E-state index is -3.44. The number of nitrogens with zero attached hydrogens (tertiary/aromatic N) is 1. The van der Waals surface area contributed by atoms with E-state index in [0.717, 1.165) is 33.6 Å². The molecule has 0 saturated carbocycles. The second kappa shape index (κ2) is 10.1. The fourth-order valence-corrected chi connectivity index (χ4v) is 5.54. The van der Waals surface area contributed by atoms with Gasteiger partial charge in [-0.2, -0.15) is 4.57 Å². The van der Waals surface area contributed by atoms with Crippen molar-refractivity contribution in [2.45, 2.75) is 11.4 Å². The van der Waals surface area contributed by atoms with Crippen LogP contribution in [0.3, 0.4) is 0 Å². The lowest BCUT2D eigenvalue weighted by Gasteiger charge is -2.13. The summed E-state index contributed by atoms with van der Waals surface area (Å²) in [6.07, 6.45) is 0. The molecule has 172 valence electrons. The second-order valence-corrected chi connectivity index (χ2v) is 10.5. The molecule has 0 bridgehead atoms. The molecule has 5 aromatic rings. The van der Waals surface area contributed by atoms with E-state index in [-0.39, 0.29) is 5.75 Å². The van der Waals surface area contributed by atoms with Gasteiger partial charge in [-0.05, 0) is 47.5 Å². The third-order valence-corrected chi connectivity index (χ3v) is 7.81. The predicted octanol–water partition coefficient (Wildman–Crippen LogP) is 6.45. The van der Waals surface area contributed by atoms with Crippen LogP contribution in [-0.2, 0) is 16.4 Å². The average molecular weight is 477 g/mol. The molecule has 1 heterocycles. The molecule has 0 amide bonds. The van der Waals surface area contributed by atoms with Gasteiger partial charge in [0.1, 0.15) is 5.75 Å². The number of sulfone groups is 1. The first-order valence-electron chi connectivity index (χ1n) is 11.6. The molecular weight excluding hydrogens is 450 g/mol. The number of pyridine rings is 1. The first-order valence-corrected chi connectivity index (χ1v) is 13.3. The summed E-state index contributed by atoms with van der Waals surface area (Å²) in [7, 11) is -3.44. The molecule has 5 rings (SSSR count). The van der Waals surface area contributed by atoms with Crippen LogP contribution >= 0.6 is 0 Å². The molecule has 3 nitrogen and oxygen atoms in total. The van der Waals surface area contributed by atoms with Crippen molar-refractivity contribution in [2.24, 2.45) is 0 Å². The lowest BCUT2D eigenvalue weighted by Crippen LogP contribution is -2.42. The van der Waals surface area contributed by atoms with Crippen molar-refractivity contribution in [2.75, 3.05) is 5.75 Å². The molecule has 0 fully saturated rings. The van der Waals surface area contributed by atoms with Crippen LogP contribution in [0.4, 0.5) is 0 Å². The van der Waals surface area contributed by atoms with Crippen LogP contribution in [0.25, 0.3) is 33.6 Å². The van der Waals surface area contributed by atoms with Gasteiger partial charge in [0.05, 0.1) is 4.90 Å². The van der Waals surface area contributed by atoms with E-state index in [2.05, 4.69) is 53.1 Å². The zero-order valence-electron chi connectivity index (χ0n) is 19.3. The number of benzene rings is 4. The highest BCUT2D eigenvalue weighted by Crippen LogP contribution is 2.29. The minimum absolute atomic E-state index is 0.00598. The van der Waals surface area contributed by atoms with E-state index in [1.165, 1.54) is 0 Å². The largest absolute Gasteiger partial charge is 0.223 e. The Balaban J connectivity index is 1.69. The minimum Gasteiger partial charge on any atom is -0.223 e. The van der Waals surface area contributed by atoms with Crippen molar-refractivity contribution in [3.8, 4) is 33.6 Å². The van der Waals surface area contributed by atoms with Crippen LogP contribution in [0.15, 0.2) is 138 Å². The molecule has 0 aliphatic heterocycles.